The highest BCUT2D eigenvalue weighted by Crippen LogP contribution is 2.30. The summed E-state index contributed by atoms with van der Waals surface area (Å²) >= 11 is 1.01. The Morgan fingerprint density at radius 3 is 2.29 bits per heavy atom. The number of aromatic nitrogens is 2. The summed E-state index contributed by atoms with van der Waals surface area (Å²) in [4.78, 5) is 33.3. The largest absolute Gasteiger partial charge is 0.497 e. The van der Waals surface area contributed by atoms with E-state index in [1.165, 1.54) is 12.4 Å². The van der Waals surface area contributed by atoms with Crippen LogP contribution in [0.15, 0.2) is 72.1 Å². The number of thioether (sulfide) groups is 1. The number of alkyl halides is 3. The number of nitrogens with zero attached hydrogens (tertiary/aromatic N) is 2. The number of methoxy groups -OCH3 is 1. The summed E-state index contributed by atoms with van der Waals surface area (Å²) in [5, 5.41) is 3.03. The quantitative estimate of drug-likeness (QED) is 0.250. The molecule has 1 unspecified atom stereocenters. The number of hydrogen-bond acceptors (Lipinski definition) is 7. The van der Waals surface area contributed by atoms with Crippen molar-refractivity contribution in [2.75, 3.05) is 19.4 Å². The monoisotopic (exact) mass is 505 g/mol. The van der Waals surface area contributed by atoms with Crippen LogP contribution >= 0.6 is 11.8 Å². The predicted molar refractivity (Wildman–Crippen MR) is 123 cm³/mol. The lowest BCUT2D eigenvalue weighted by atomic mass is 10.1. The lowest BCUT2D eigenvalue weighted by Crippen LogP contribution is -2.34. The SMILES string of the molecule is COc1ccc(CCNC(=O)C(OC(=O)CSc2ncccn2)c2ccc(C(F)(F)F)cc2)cc1. The highest BCUT2D eigenvalue weighted by molar-refractivity contribution is 7.99. The fourth-order valence-electron chi connectivity index (χ4n) is 2.98. The van der Waals surface area contributed by atoms with Gasteiger partial charge in [-0.3, -0.25) is 9.59 Å². The number of carbonyl (C=O) groups excluding carboxylic acids is 2. The standard InChI is InChI=1S/C24H22F3N3O4S/c1-33-19-9-3-16(4-10-19)11-14-28-22(32)21(17-5-7-18(8-6-17)24(25,26)27)34-20(31)15-35-23-29-12-2-13-30-23/h2-10,12-13,21H,11,14-15H2,1H3,(H,28,32). The highest BCUT2D eigenvalue weighted by atomic mass is 32.2. The Bertz CT molecular complexity index is 1110. The Balaban J connectivity index is 1.66. The van der Waals surface area contributed by atoms with Crippen LogP contribution in [0.25, 0.3) is 0 Å². The van der Waals surface area contributed by atoms with E-state index in [0.29, 0.717) is 17.3 Å². The van der Waals surface area contributed by atoms with E-state index in [2.05, 4.69) is 15.3 Å². The molecule has 1 heterocycles. The number of benzene rings is 2. The number of amides is 1. The predicted octanol–water partition coefficient (Wildman–Crippen LogP) is 4.24. The van der Waals surface area contributed by atoms with Crippen molar-refractivity contribution >= 4 is 23.6 Å². The van der Waals surface area contributed by atoms with Crippen molar-refractivity contribution in [3.63, 3.8) is 0 Å². The first-order valence-corrected chi connectivity index (χ1v) is 11.4. The third-order valence-electron chi connectivity index (χ3n) is 4.76. The van der Waals surface area contributed by atoms with Gasteiger partial charge in [0, 0.05) is 24.5 Å². The van der Waals surface area contributed by atoms with Gasteiger partial charge in [-0.2, -0.15) is 13.2 Å². The molecule has 1 N–H and O–H groups in total. The molecule has 0 bridgehead atoms. The van der Waals surface area contributed by atoms with E-state index in [9.17, 15) is 22.8 Å². The zero-order chi connectivity index (χ0) is 25.3. The van der Waals surface area contributed by atoms with Gasteiger partial charge in [0.25, 0.3) is 5.91 Å². The fraction of sp³-hybridized carbons (Fsp3) is 0.250. The topological polar surface area (TPSA) is 90.4 Å². The maximum Gasteiger partial charge on any atom is 0.416 e. The molecule has 0 aliphatic heterocycles. The minimum atomic E-state index is -4.53. The number of nitrogens with one attached hydrogen (secondary N) is 1. The van der Waals surface area contributed by atoms with Crippen molar-refractivity contribution < 1.29 is 32.2 Å². The zero-order valence-corrected chi connectivity index (χ0v) is 19.4. The number of halogens is 3. The molecule has 184 valence electrons. The maximum absolute atomic E-state index is 12.9. The third-order valence-corrected chi connectivity index (χ3v) is 5.61. The molecule has 35 heavy (non-hydrogen) atoms. The van der Waals surface area contributed by atoms with Crippen molar-refractivity contribution in [2.45, 2.75) is 23.9 Å². The van der Waals surface area contributed by atoms with Crippen molar-refractivity contribution in [3.8, 4) is 5.75 Å². The number of ether oxygens (including phenoxy) is 2. The van der Waals surface area contributed by atoms with Gasteiger partial charge in [-0.25, -0.2) is 9.97 Å². The Labute approximate surface area is 204 Å². The van der Waals surface area contributed by atoms with E-state index >= 15 is 0 Å². The first kappa shape index (κ1) is 26.0. The summed E-state index contributed by atoms with van der Waals surface area (Å²) in [5.41, 5.74) is 0.186. The van der Waals surface area contributed by atoms with Gasteiger partial charge in [0.05, 0.1) is 18.4 Å². The van der Waals surface area contributed by atoms with E-state index in [-0.39, 0.29) is 17.9 Å². The molecule has 0 radical (unpaired) electrons. The smallest absolute Gasteiger partial charge is 0.416 e. The van der Waals surface area contributed by atoms with Crippen LogP contribution < -0.4 is 10.1 Å². The van der Waals surface area contributed by atoms with E-state index in [0.717, 1.165) is 41.6 Å². The second-order valence-corrected chi connectivity index (χ2v) is 8.14. The van der Waals surface area contributed by atoms with Gasteiger partial charge in [-0.15, -0.1) is 0 Å². The fourth-order valence-corrected chi connectivity index (χ4v) is 3.57. The van der Waals surface area contributed by atoms with Gasteiger partial charge < -0.3 is 14.8 Å². The average molecular weight is 506 g/mol. The molecule has 3 aromatic rings. The van der Waals surface area contributed by atoms with Crippen LogP contribution in [0, 0.1) is 0 Å². The van der Waals surface area contributed by atoms with Crippen molar-refractivity contribution in [1.82, 2.24) is 15.3 Å². The van der Waals surface area contributed by atoms with Gasteiger partial charge in [-0.1, -0.05) is 36.0 Å². The summed E-state index contributed by atoms with van der Waals surface area (Å²) < 4.78 is 49.3. The first-order chi connectivity index (χ1) is 16.8. The van der Waals surface area contributed by atoms with Gasteiger partial charge in [-0.05, 0) is 42.3 Å². The minimum Gasteiger partial charge on any atom is -0.497 e. The Kier molecular flexibility index (Phi) is 9.07. The molecule has 0 fully saturated rings. The number of esters is 1. The van der Waals surface area contributed by atoms with Crippen LogP contribution in [0.5, 0.6) is 5.75 Å². The molecule has 0 aliphatic rings. The number of rotatable bonds is 10. The summed E-state index contributed by atoms with van der Waals surface area (Å²) in [6.07, 6.45) is -2.43. The first-order valence-electron chi connectivity index (χ1n) is 10.4. The van der Waals surface area contributed by atoms with Crippen molar-refractivity contribution in [1.29, 1.82) is 0 Å². The Morgan fingerprint density at radius 1 is 1.03 bits per heavy atom. The summed E-state index contributed by atoms with van der Waals surface area (Å²) in [7, 11) is 1.56. The second-order valence-electron chi connectivity index (χ2n) is 7.20. The zero-order valence-electron chi connectivity index (χ0n) is 18.6. The lowest BCUT2D eigenvalue weighted by molar-refractivity contribution is -0.154. The van der Waals surface area contributed by atoms with Crippen LogP contribution in [-0.2, 0) is 26.9 Å². The molecule has 1 amide bonds. The molecule has 7 nitrogen and oxygen atoms in total. The average Bonchev–Trinajstić information content (AvgIpc) is 2.86. The molecule has 0 saturated carbocycles. The van der Waals surface area contributed by atoms with Crippen molar-refractivity contribution in [2.24, 2.45) is 0 Å². The van der Waals surface area contributed by atoms with Gasteiger partial charge in [0.15, 0.2) is 5.16 Å². The minimum absolute atomic E-state index is 0.120. The Hall–Kier alpha value is -3.60. The van der Waals surface area contributed by atoms with Gasteiger partial charge in [0.1, 0.15) is 5.75 Å². The molecular formula is C24H22F3N3O4S. The van der Waals surface area contributed by atoms with Crippen LogP contribution in [0.2, 0.25) is 0 Å². The van der Waals surface area contributed by atoms with Gasteiger partial charge >= 0.3 is 12.1 Å². The molecule has 1 aromatic heterocycles. The van der Waals surface area contributed by atoms with Crippen LogP contribution in [0.4, 0.5) is 13.2 Å². The van der Waals surface area contributed by atoms with E-state index < -0.39 is 29.7 Å². The summed E-state index contributed by atoms with van der Waals surface area (Å²) in [5.74, 6) is -0.864. The third kappa shape index (κ3) is 7.99. The lowest BCUT2D eigenvalue weighted by Gasteiger charge is -2.19. The highest BCUT2D eigenvalue weighted by Gasteiger charge is 2.31. The molecule has 3 rings (SSSR count). The molecule has 2 aromatic carbocycles. The van der Waals surface area contributed by atoms with Crippen molar-refractivity contribution in [3.05, 3.63) is 83.7 Å². The Morgan fingerprint density at radius 2 is 1.69 bits per heavy atom. The number of carbonyl (C=O) groups is 2. The maximum atomic E-state index is 12.9. The van der Waals surface area contributed by atoms with Gasteiger partial charge in [0.2, 0.25) is 6.10 Å². The molecule has 0 spiro atoms. The normalized spacial score (nSPS) is 12.0. The number of hydrogen-bond donors (Lipinski definition) is 1. The van der Waals surface area contributed by atoms with Crippen LogP contribution in [-0.4, -0.2) is 41.3 Å². The molecule has 0 aliphatic carbocycles. The summed E-state index contributed by atoms with van der Waals surface area (Å²) in [6.45, 7) is 0.229. The van der Waals surface area contributed by atoms with E-state index in [4.69, 9.17) is 9.47 Å². The molecule has 1 atom stereocenters. The van der Waals surface area contributed by atoms with Crippen LogP contribution in [0.1, 0.15) is 22.8 Å². The van der Waals surface area contributed by atoms with E-state index in [1.54, 1.807) is 25.3 Å². The van der Waals surface area contributed by atoms with E-state index in [1.807, 2.05) is 12.1 Å². The van der Waals surface area contributed by atoms with Crippen LogP contribution in [0.3, 0.4) is 0 Å². The molecule has 0 saturated heterocycles. The molecule has 11 heteroatoms. The molecular weight excluding hydrogens is 483 g/mol. The second kappa shape index (κ2) is 12.2. The summed E-state index contributed by atoms with van der Waals surface area (Å²) in [6, 6.07) is 12.8.